The fourth-order valence-electron chi connectivity index (χ4n) is 3.35. The molecular weight excluding hydrogens is 436 g/mol. The first-order chi connectivity index (χ1) is 14.8. The summed E-state index contributed by atoms with van der Waals surface area (Å²) in [4.78, 5) is 13.5. The first kappa shape index (κ1) is 28.0. The number of hydrogen-bond donors (Lipinski definition) is 1. The molecule has 4 rings (SSSR count). The Morgan fingerprint density at radius 2 is 1.33 bits per heavy atom. The highest BCUT2D eigenvalue weighted by molar-refractivity contribution is 5.85. The van der Waals surface area contributed by atoms with Gasteiger partial charge in [0.15, 0.2) is 0 Å². The van der Waals surface area contributed by atoms with Crippen molar-refractivity contribution < 1.29 is 9.53 Å². The quantitative estimate of drug-likeness (QED) is 0.654. The molecule has 176 valence electrons. The van der Waals surface area contributed by atoms with Crippen molar-refractivity contribution in [3.8, 4) is 12.1 Å². The van der Waals surface area contributed by atoms with Crippen molar-refractivity contribution in [1.82, 2.24) is 10.2 Å². The summed E-state index contributed by atoms with van der Waals surface area (Å²) in [5, 5.41) is 20.5. The van der Waals surface area contributed by atoms with E-state index in [4.69, 9.17) is 15.3 Å². The largest absolute Gasteiger partial charge is 0.444 e. The second-order valence-corrected chi connectivity index (χ2v) is 8.91. The minimum Gasteiger partial charge on any atom is -0.444 e. The maximum Gasteiger partial charge on any atom is 0.410 e. The second kappa shape index (κ2) is 12.3. The van der Waals surface area contributed by atoms with E-state index in [1.165, 1.54) is 11.1 Å². The Morgan fingerprint density at radius 1 is 0.909 bits per heavy atom. The molecule has 0 radical (unpaired) electrons. The number of rotatable bonds is 2. The number of amides is 1. The lowest BCUT2D eigenvalue weighted by molar-refractivity contribution is 0.00819. The molecule has 6 nitrogen and oxygen atoms in total. The second-order valence-electron chi connectivity index (χ2n) is 8.91. The van der Waals surface area contributed by atoms with Crippen LogP contribution in [0.5, 0.6) is 0 Å². The SMILES string of the molecule is C.CC(C)(C)OC(=O)N1CC(c2ccc(C#N)cc2)C1.Cl.N#Cc1ccc(C2CNC2)cc1. The van der Waals surface area contributed by atoms with Gasteiger partial charge in [-0.25, -0.2) is 4.79 Å². The third-order valence-corrected chi connectivity index (χ3v) is 5.34. The molecule has 2 aromatic carbocycles. The molecule has 2 heterocycles. The van der Waals surface area contributed by atoms with E-state index in [1.807, 2.05) is 69.3 Å². The normalized spacial score (nSPS) is 15.0. The van der Waals surface area contributed by atoms with Crippen LogP contribution in [0.3, 0.4) is 0 Å². The standard InChI is InChI=1S/C15H18N2O2.C10H10N2.CH4.ClH/c1-15(2,3)19-14(18)17-9-13(10-17)12-6-4-11(8-16)5-7-12;11-5-8-1-3-9(4-2-8)10-6-12-7-10;;/h4-7,13H,9-10H2,1-3H3;1-4,10,12H,6-7H2;1H4;1H. The van der Waals surface area contributed by atoms with Gasteiger partial charge in [-0.2, -0.15) is 10.5 Å². The Labute approximate surface area is 203 Å². The molecule has 0 aliphatic carbocycles. The summed E-state index contributed by atoms with van der Waals surface area (Å²) in [5.41, 5.74) is 3.46. The van der Waals surface area contributed by atoms with Gasteiger partial charge in [-0.3, -0.25) is 0 Å². The summed E-state index contributed by atoms with van der Waals surface area (Å²) in [6, 6.07) is 19.6. The highest BCUT2D eigenvalue weighted by Gasteiger charge is 2.34. The lowest BCUT2D eigenvalue weighted by Gasteiger charge is -2.40. The summed E-state index contributed by atoms with van der Waals surface area (Å²) in [7, 11) is 0. The molecule has 2 saturated heterocycles. The third kappa shape index (κ3) is 7.79. The number of nitrogens with one attached hydrogen (secondary N) is 1. The smallest absolute Gasteiger partial charge is 0.410 e. The van der Waals surface area contributed by atoms with Crippen LogP contribution in [-0.4, -0.2) is 42.8 Å². The molecule has 0 spiro atoms. The van der Waals surface area contributed by atoms with Gasteiger partial charge < -0.3 is 15.0 Å². The van der Waals surface area contributed by atoms with E-state index < -0.39 is 5.60 Å². The van der Waals surface area contributed by atoms with Gasteiger partial charge in [0.1, 0.15) is 5.60 Å². The zero-order valence-electron chi connectivity index (χ0n) is 18.7. The third-order valence-electron chi connectivity index (χ3n) is 5.34. The zero-order valence-corrected chi connectivity index (χ0v) is 19.5. The van der Waals surface area contributed by atoms with Crippen LogP contribution in [0.4, 0.5) is 4.79 Å². The van der Waals surface area contributed by atoms with E-state index in [0.29, 0.717) is 30.5 Å². The van der Waals surface area contributed by atoms with Crippen molar-refractivity contribution >= 4 is 18.5 Å². The van der Waals surface area contributed by atoms with Crippen LogP contribution in [0, 0.1) is 22.7 Å². The van der Waals surface area contributed by atoms with Crippen molar-refractivity contribution in [3.63, 3.8) is 0 Å². The lowest BCUT2D eigenvalue weighted by Crippen LogP contribution is -2.50. The molecule has 33 heavy (non-hydrogen) atoms. The predicted octanol–water partition coefficient (Wildman–Crippen LogP) is 5.20. The summed E-state index contributed by atoms with van der Waals surface area (Å²) >= 11 is 0. The maximum absolute atomic E-state index is 11.8. The number of hydrogen-bond acceptors (Lipinski definition) is 5. The van der Waals surface area contributed by atoms with Gasteiger partial charge in [0.25, 0.3) is 0 Å². The fourth-order valence-corrected chi connectivity index (χ4v) is 3.35. The average molecular weight is 469 g/mol. The van der Waals surface area contributed by atoms with Crippen LogP contribution in [0.2, 0.25) is 0 Å². The lowest BCUT2D eigenvalue weighted by atomic mass is 9.91. The van der Waals surface area contributed by atoms with Crippen molar-refractivity contribution in [1.29, 1.82) is 10.5 Å². The number of halogens is 1. The van der Waals surface area contributed by atoms with Gasteiger partial charge in [-0.15, -0.1) is 12.4 Å². The van der Waals surface area contributed by atoms with Gasteiger partial charge in [-0.05, 0) is 56.2 Å². The molecular formula is C26H33ClN4O2. The Balaban J connectivity index is 0.000000338. The van der Waals surface area contributed by atoms with Crippen molar-refractivity contribution in [2.45, 2.75) is 45.6 Å². The van der Waals surface area contributed by atoms with E-state index in [0.717, 1.165) is 18.7 Å². The van der Waals surface area contributed by atoms with E-state index in [-0.39, 0.29) is 25.9 Å². The summed E-state index contributed by atoms with van der Waals surface area (Å²) < 4.78 is 5.31. The van der Waals surface area contributed by atoms with E-state index in [1.54, 1.807) is 4.90 Å². The first-order valence-electron chi connectivity index (χ1n) is 10.5. The molecule has 0 unspecified atom stereocenters. The molecule has 1 N–H and O–H groups in total. The van der Waals surface area contributed by atoms with Gasteiger partial charge >= 0.3 is 6.09 Å². The Bertz CT molecular complexity index is 975. The van der Waals surface area contributed by atoms with E-state index in [9.17, 15) is 4.79 Å². The average Bonchev–Trinajstić information content (AvgIpc) is 2.66. The maximum atomic E-state index is 11.8. The summed E-state index contributed by atoms with van der Waals surface area (Å²) in [6.07, 6.45) is -0.252. The first-order valence-corrected chi connectivity index (χ1v) is 10.5. The van der Waals surface area contributed by atoms with Crippen LogP contribution >= 0.6 is 12.4 Å². The van der Waals surface area contributed by atoms with Crippen LogP contribution in [0.15, 0.2) is 48.5 Å². The minimum atomic E-state index is -0.448. The van der Waals surface area contributed by atoms with Gasteiger partial charge in [-0.1, -0.05) is 31.7 Å². The molecule has 0 atom stereocenters. The molecule has 7 heteroatoms. The Kier molecular flexibility index (Phi) is 10.4. The van der Waals surface area contributed by atoms with Crippen molar-refractivity contribution in [2.24, 2.45) is 0 Å². The molecule has 0 aromatic heterocycles. The number of carbonyl (C=O) groups is 1. The Morgan fingerprint density at radius 3 is 1.67 bits per heavy atom. The molecule has 2 aliphatic heterocycles. The number of nitrogens with zero attached hydrogens (tertiary/aromatic N) is 3. The van der Waals surface area contributed by atoms with Gasteiger partial charge in [0, 0.05) is 38.0 Å². The zero-order chi connectivity index (χ0) is 22.4. The predicted molar refractivity (Wildman–Crippen MR) is 132 cm³/mol. The molecule has 2 aliphatic rings. The fraction of sp³-hybridized carbons (Fsp3) is 0.423. The number of likely N-dealkylation sites (tertiary alicyclic amines) is 1. The summed E-state index contributed by atoms with van der Waals surface area (Å²) in [6.45, 7) is 9.10. The number of ether oxygens (including phenoxy) is 1. The number of nitriles is 2. The number of carbonyl (C=O) groups excluding carboxylic acids is 1. The highest BCUT2D eigenvalue weighted by atomic mass is 35.5. The topological polar surface area (TPSA) is 89.2 Å². The van der Waals surface area contributed by atoms with Crippen LogP contribution < -0.4 is 5.32 Å². The van der Waals surface area contributed by atoms with E-state index in [2.05, 4.69) is 17.5 Å². The molecule has 0 saturated carbocycles. The van der Waals surface area contributed by atoms with Crippen molar-refractivity contribution in [3.05, 3.63) is 70.8 Å². The van der Waals surface area contributed by atoms with Crippen LogP contribution in [0.25, 0.3) is 0 Å². The van der Waals surface area contributed by atoms with Crippen LogP contribution in [0.1, 0.15) is 62.3 Å². The molecule has 0 bridgehead atoms. The molecule has 2 aromatic rings. The van der Waals surface area contributed by atoms with Crippen molar-refractivity contribution in [2.75, 3.05) is 26.2 Å². The minimum absolute atomic E-state index is 0. The van der Waals surface area contributed by atoms with Gasteiger partial charge in [0.2, 0.25) is 0 Å². The Hall–Kier alpha value is -3.06. The summed E-state index contributed by atoms with van der Waals surface area (Å²) in [5.74, 6) is 1.01. The van der Waals surface area contributed by atoms with Crippen LogP contribution in [-0.2, 0) is 4.74 Å². The molecule has 1 amide bonds. The highest BCUT2D eigenvalue weighted by Crippen LogP contribution is 2.28. The number of benzene rings is 2. The molecule has 2 fully saturated rings. The van der Waals surface area contributed by atoms with E-state index >= 15 is 0 Å². The van der Waals surface area contributed by atoms with Gasteiger partial charge in [0.05, 0.1) is 23.3 Å². The monoisotopic (exact) mass is 468 g/mol.